The molecule has 1 heterocycles. The van der Waals surface area contributed by atoms with E-state index < -0.39 is 6.89 Å². The predicted octanol–water partition coefficient (Wildman–Crippen LogP) is 4.73. The maximum Gasteiger partial charge on any atom is 0.0591 e. The van der Waals surface area contributed by atoms with Gasteiger partial charge in [0.15, 0.2) is 0 Å². The minimum atomic E-state index is -2.18. The highest BCUT2D eigenvalue weighted by Crippen LogP contribution is 2.51. The van der Waals surface area contributed by atoms with Crippen LogP contribution in [0.25, 0.3) is 0 Å². The van der Waals surface area contributed by atoms with Crippen molar-refractivity contribution in [3.63, 3.8) is 0 Å². The molecular weight excluding hydrogens is 381 g/mol. The maximum atomic E-state index is 6.99. The molecule has 5 rings (SSSR count). The van der Waals surface area contributed by atoms with Gasteiger partial charge < -0.3 is 4.90 Å². The Morgan fingerprint density at radius 1 is 0.600 bits per heavy atom. The summed E-state index contributed by atoms with van der Waals surface area (Å²) in [5, 5.41) is 5.32. The Balaban J connectivity index is 2.05. The summed E-state index contributed by atoms with van der Waals surface area (Å²) in [6.45, 7) is 4.81. The molecule has 146 valence electrons. The lowest BCUT2D eigenvalue weighted by molar-refractivity contribution is 0.966. The molecule has 0 bridgehead atoms. The van der Waals surface area contributed by atoms with Crippen LogP contribution in [-0.4, -0.2) is 18.4 Å². The van der Waals surface area contributed by atoms with Crippen molar-refractivity contribution >= 4 is 33.8 Å². The molecule has 1 nitrogen and oxygen atoms in total. The summed E-state index contributed by atoms with van der Waals surface area (Å²) in [5.41, 5.74) is 2.46. The molecule has 1 unspecified atom stereocenters. The minimum absolute atomic E-state index is 0.184. The molecule has 4 aromatic carbocycles. The average molecular weight is 405 g/mol. The molecule has 2 radical (unpaired) electrons. The zero-order valence-electron chi connectivity index (χ0n) is 17.0. The molecule has 0 N–H and O–H groups in total. The molecule has 4 aromatic rings. The second kappa shape index (κ2) is 7.67. The normalized spacial score (nSPS) is 15.9. The first-order valence-corrected chi connectivity index (χ1v) is 12.0. The van der Waals surface area contributed by atoms with E-state index in [1.807, 2.05) is 0 Å². The standard InChI is InChI=1S/C28H24NP/c1-22-28(26-20-12-13-21-27(26)29(22)2)30(23-14-6-3-7-15-23,24-16-8-4-9-17-24)25-18-10-5-11-19-25/h1,3-22H,2H3. The Bertz CT molecular complexity index is 1110. The lowest BCUT2D eigenvalue weighted by atomic mass is 10.1. The van der Waals surface area contributed by atoms with Crippen LogP contribution < -0.4 is 20.8 Å². The second-order valence-electron chi connectivity index (χ2n) is 7.64. The van der Waals surface area contributed by atoms with Gasteiger partial charge >= 0.3 is 0 Å². The van der Waals surface area contributed by atoms with Crippen molar-refractivity contribution in [2.75, 3.05) is 11.9 Å². The van der Waals surface area contributed by atoms with Gasteiger partial charge in [0.1, 0.15) is 0 Å². The van der Waals surface area contributed by atoms with Crippen LogP contribution in [-0.2, 0) is 0 Å². The van der Waals surface area contributed by atoms with Crippen LogP contribution in [0.2, 0.25) is 0 Å². The fourth-order valence-corrected chi connectivity index (χ4v) is 9.40. The van der Waals surface area contributed by atoms with Crippen molar-refractivity contribution in [3.05, 3.63) is 128 Å². The van der Waals surface area contributed by atoms with Crippen LogP contribution in [0.3, 0.4) is 0 Å². The quantitative estimate of drug-likeness (QED) is 0.446. The minimum Gasteiger partial charge on any atom is -0.367 e. The van der Waals surface area contributed by atoms with Crippen LogP contribution in [0.1, 0.15) is 5.56 Å². The number of hydrogen-bond acceptors (Lipinski definition) is 1. The molecule has 2 heteroatoms. The largest absolute Gasteiger partial charge is 0.367 e. The van der Waals surface area contributed by atoms with Gasteiger partial charge in [-0.05, 0) is 41.1 Å². The summed E-state index contributed by atoms with van der Waals surface area (Å²) >= 11 is 0. The maximum absolute atomic E-state index is 6.99. The Labute approximate surface area is 179 Å². The van der Waals surface area contributed by atoms with Crippen LogP contribution in [0.4, 0.5) is 5.69 Å². The van der Waals surface area contributed by atoms with Gasteiger partial charge in [0.05, 0.1) is 6.04 Å². The molecule has 0 saturated heterocycles. The Kier molecular flexibility index (Phi) is 4.85. The summed E-state index contributed by atoms with van der Waals surface area (Å²) in [7, 11) is 2.10. The first-order valence-electron chi connectivity index (χ1n) is 10.3. The number of hydrogen-bond donors (Lipinski definition) is 0. The third kappa shape index (κ3) is 2.77. The second-order valence-corrected chi connectivity index (χ2v) is 11.0. The molecule has 1 atom stereocenters. The van der Waals surface area contributed by atoms with Crippen molar-refractivity contribution in [2.45, 2.75) is 6.04 Å². The summed E-state index contributed by atoms with van der Waals surface area (Å²) in [6.07, 6.45) is 0. The monoisotopic (exact) mass is 405 g/mol. The van der Waals surface area contributed by atoms with Crippen molar-refractivity contribution in [1.29, 1.82) is 0 Å². The number of fused-ring (bicyclic) bond motifs is 1. The lowest BCUT2D eigenvalue weighted by Gasteiger charge is -2.34. The fraction of sp³-hybridized carbons (Fsp3) is 0.0714. The van der Waals surface area contributed by atoms with E-state index in [9.17, 15) is 0 Å². The van der Waals surface area contributed by atoms with Crippen LogP contribution in [0.5, 0.6) is 0 Å². The third-order valence-electron chi connectivity index (χ3n) is 6.05. The average Bonchev–Trinajstić information content (AvgIpc) is 3.08. The van der Waals surface area contributed by atoms with Crippen LogP contribution >= 0.6 is 6.89 Å². The first-order chi connectivity index (χ1) is 14.7. The molecule has 0 aliphatic carbocycles. The molecule has 0 saturated carbocycles. The van der Waals surface area contributed by atoms with Gasteiger partial charge in [0.2, 0.25) is 0 Å². The van der Waals surface area contributed by atoms with Gasteiger partial charge in [-0.3, -0.25) is 0 Å². The molecular formula is C28H24NP. The summed E-state index contributed by atoms with van der Waals surface area (Å²) in [6, 6.07) is 41.2. The van der Waals surface area contributed by atoms with E-state index in [4.69, 9.17) is 6.92 Å². The van der Waals surface area contributed by atoms with E-state index in [2.05, 4.69) is 127 Å². The predicted molar refractivity (Wildman–Crippen MR) is 132 cm³/mol. The Morgan fingerprint density at radius 2 is 1.00 bits per heavy atom. The van der Waals surface area contributed by atoms with Crippen LogP contribution in [0, 0.1) is 6.92 Å². The van der Waals surface area contributed by atoms with Crippen molar-refractivity contribution in [2.24, 2.45) is 0 Å². The van der Waals surface area contributed by atoms with Crippen molar-refractivity contribution < 1.29 is 0 Å². The van der Waals surface area contributed by atoms with E-state index in [1.54, 1.807) is 0 Å². The number of benzene rings is 4. The van der Waals surface area contributed by atoms with E-state index in [0.29, 0.717) is 0 Å². The number of nitrogens with zero attached hydrogens (tertiary/aromatic N) is 1. The summed E-state index contributed by atoms with van der Waals surface area (Å²) < 4.78 is 0. The summed E-state index contributed by atoms with van der Waals surface area (Å²) in [4.78, 5) is 2.22. The molecule has 1 aliphatic rings. The molecule has 30 heavy (non-hydrogen) atoms. The Hall–Kier alpha value is -3.02. The summed E-state index contributed by atoms with van der Waals surface area (Å²) in [5.74, 6) is 0. The zero-order chi connectivity index (χ0) is 20.6. The Morgan fingerprint density at radius 3 is 1.47 bits per heavy atom. The van der Waals surface area contributed by atoms with E-state index in [1.165, 1.54) is 32.5 Å². The SMILES string of the molecule is [CH]C1C(=P(c2ccccc2)(c2ccccc2)c2ccccc2)c2ccccc2N1C. The highest BCUT2D eigenvalue weighted by Gasteiger charge is 2.38. The van der Waals surface area contributed by atoms with E-state index in [0.717, 1.165) is 0 Å². The van der Waals surface area contributed by atoms with Crippen molar-refractivity contribution in [1.82, 2.24) is 0 Å². The van der Waals surface area contributed by atoms with Gasteiger partial charge in [-0.2, -0.15) is 0 Å². The molecule has 0 amide bonds. The number of anilines is 1. The molecule has 0 aromatic heterocycles. The van der Waals surface area contributed by atoms with Gasteiger partial charge in [-0.1, -0.05) is 109 Å². The third-order valence-corrected chi connectivity index (χ3v) is 10.5. The first kappa shape index (κ1) is 19.0. The smallest absolute Gasteiger partial charge is 0.0591 e. The molecule has 0 fully saturated rings. The number of para-hydroxylation sites is 1. The van der Waals surface area contributed by atoms with Crippen LogP contribution in [0.15, 0.2) is 115 Å². The van der Waals surface area contributed by atoms with E-state index >= 15 is 0 Å². The van der Waals surface area contributed by atoms with Gasteiger partial charge in [-0.15, -0.1) is 0 Å². The van der Waals surface area contributed by atoms with Gasteiger partial charge in [0, 0.05) is 18.3 Å². The zero-order valence-corrected chi connectivity index (χ0v) is 17.9. The molecule has 0 spiro atoms. The number of rotatable bonds is 3. The molecule has 1 aliphatic heterocycles. The topological polar surface area (TPSA) is 3.24 Å². The lowest BCUT2D eigenvalue weighted by Crippen LogP contribution is -2.37. The van der Waals surface area contributed by atoms with E-state index in [-0.39, 0.29) is 6.04 Å². The number of likely N-dealkylation sites (N-methyl/N-ethyl adjacent to an activating group) is 1. The highest BCUT2D eigenvalue weighted by atomic mass is 31.2. The van der Waals surface area contributed by atoms with Crippen molar-refractivity contribution in [3.8, 4) is 0 Å². The fourth-order valence-electron chi connectivity index (χ4n) is 4.69. The van der Waals surface area contributed by atoms with Gasteiger partial charge in [-0.25, -0.2) is 0 Å². The van der Waals surface area contributed by atoms with Gasteiger partial charge in [0.25, 0.3) is 0 Å². The highest BCUT2D eigenvalue weighted by molar-refractivity contribution is 7.95.